The number of carbonyl (C=O) groups excluding carboxylic acids is 1. The van der Waals surface area contributed by atoms with E-state index in [1.165, 1.54) is 11.1 Å². The minimum Gasteiger partial charge on any atom is -0.361 e. The van der Waals surface area contributed by atoms with Crippen molar-refractivity contribution in [3.05, 3.63) is 39.9 Å². The summed E-state index contributed by atoms with van der Waals surface area (Å²) in [4.78, 5) is 15.0. The number of aromatic amines is 1. The molecule has 0 bridgehead atoms. The van der Waals surface area contributed by atoms with Crippen molar-refractivity contribution < 1.29 is 4.79 Å². The van der Waals surface area contributed by atoms with E-state index in [0.29, 0.717) is 0 Å². The molecular formula is C15H20N2O. The molecule has 0 fully saturated rings. The summed E-state index contributed by atoms with van der Waals surface area (Å²) in [5.41, 5.74) is 6.59. The van der Waals surface area contributed by atoms with Gasteiger partial charge in [-0.3, -0.25) is 4.79 Å². The summed E-state index contributed by atoms with van der Waals surface area (Å²) < 4.78 is 0. The van der Waals surface area contributed by atoms with E-state index in [1.54, 1.807) is 0 Å². The maximum absolute atomic E-state index is 11.7. The Bertz CT molecular complexity index is 547. The molecule has 0 unspecified atom stereocenters. The van der Waals surface area contributed by atoms with E-state index in [-0.39, 0.29) is 5.91 Å². The second-order valence-electron chi connectivity index (χ2n) is 4.69. The van der Waals surface area contributed by atoms with Crippen molar-refractivity contribution in [2.75, 3.05) is 0 Å². The molecule has 0 spiro atoms. The summed E-state index contributed by atoms with van der Waals surface area (Å²) in [6.07, 6.45) is 5.94. The lowest BCUT2D eigenvalue weighted by molar-refractivity contribution is -0.116. The Kier molecular flexibility index (Phi) is 3.41. The van der Waals surface area contributed by atoms with E-state index >= 15 is 0 Å². The van der Waals surface area contributed by atoms with E-state index < -0.39 is 0 Å². The Morgan fingerprint density at radius 2 is 1.94 bits per heavy atom. The van der Waals surface area contributed by atoms with Crippen LogP contribution in [0.15, 0.2) is 23.0 Å². The van der Waals surface area contributed by atoms with Gasteiger partial charge in [-0.1, -0.05) is 13.8 Å². The van der Waals surface area contributed by atoms with E-state index in [1.807, 2.05) is 13.1 Å². The molecule has 3 heteroatoms. The SMILES string of the molecule is CCC1=C(C)C(=O)NC1=Cc1[nH]cc(C)c1CC. The number of carbonyl (C=O) groups is 1. The summed E-state index contributed by atoms with van der Waals surface area (Å²) in [7, 11) is 0. The standard InChI is InChI=1S/C15H20N2O/c1-5-11-9(3)8-16-13(11)7-14-12(6-2)10(4)15(18)17-14/h7-8,16H,5-6H2,1-4H3,(H,17,18). The zero-order valence-corrected chi connectivity index (χ0v) is 11.5. The summed E-state index contributed by atoms with van der Waals surface area (Å²) in [5.74, 6) is 0.0272. The molecule has 2 rings (SSSR count). The van der Waals surface area contributed by atoms with Crippen LogP contribution in [0.5, 0.6) is 0 Å². The Morgan fingerprint density at radius 1 is 1.22 bits per heavy atom. The van der Waals surface area contributed by atoms with Gasteiger partial charge in [0.1, 0.15) is 0 Å². The third-order valence-electron chi connectivity index (χ3n) is 3.61. The molecule has 0 radical (unpaired) electrons. The molecule has 2 N–H and O–H groups in total. The van der Waals surface area contributed by atoms with Gasteiger partial charge < -0.3 is 10.3 Å². The number of aryl methyl sites for hydroxylation is 1. The predicted molar refractivity (Wildman–Crippen MR) is 74.0 cm³/mol. The van der Waals surface area contributed by atoms with Crippen molar-refractivity contribution in [2.45, 2.75) is 40.5 Å². The van der Waals surface area contributed by atoms with Crippen molar-refractivity contribution in [2.24, 2.45) is 0 Å². The van der Waals surface area contributed by atoms with Crippen LogP contribution in [0.2, 0.25) is 0 Å². The zero-order chi connectivity index (χ0) is 13.3. The van der Waals surface area contributed by atoms with Crippen molar-refractivity contribution in [3.8, 4) is 0 Å². The number of amides is 1. The van der Waals surface area contributed by atoms with Crippen molar-refractivity contribution in [3.63, 3.8) is 0 Å². The molecule has 1 aromatic heterocycles. The van der Waals surface area contributed by atoms with Crippen LogP contribution in [-0.2, 0) is 11.2 Å². The van der Waals surface area contributed by atoms with E-state index in [4.69, 9.17) is 0 Å². The number of aromatic nitrogens is 1. The van der Waals surface area contributed by atoms with Crippen LogP contribution in [0.1, 0.15) is 44.0 Å². The third-order valence-corrected chi connectivity index (χ3v) is 3.61. The van der Waals surface area contributed by atoms with Crippen LogP contribution in [-0.4, -0.2) is 10.9 Å². The summed E-state index contributed by atoms with van der Waals surface area (Å²) >= 11 is 0. The van der Waals surface area contributed by atoms with Gasteiger partial charge >= 0.3 is 0 Å². The highest BCUT2D eigenvalue weighted by atomic mass is 16.1. The molecule has 96 valence electrons. The van der Waals surface area contributed by atoms with Crippen molar-refractivity contribution in [1.29, 1.82) is 0 Å². The molecule has 1 amide bonds. The Hall–Kier alpha value is -1.77. The molecule has 1 aliphatic rings. The van der Waals surface area contributed by atoms with Crippen LogP contribution in [0, 0.1) is 6.92 Å². The fourth-order valence-electron chi connectivity index (χ4n) is 2.52. The summed E-state index contributed by atoms with van der Waals surface area (Å²) in [6, 6.07) is 0. The minimum absolute atomic E-state index is 0.0272. The van der Waals surface area contributed by atoms with Gasteiger partial charge in [-0.25, -0.2) is 0 Å². The summed E-state index contributed by atoms with van der Waals surface area (Å²) in [5, 5.41) is 2.94. The summed E-state index contributed by atoms with van der Waals surface area (Å²) in [6.45, 7) is 8.21. The normalized spacial score (nSPS) is 17.8. The molecule has 0 saturated carbocycles. The molecule has 0 aromatic carbocycles. The Morgan fingerprint density at radius 3 is 2.56 bits per heavy atom. The predicted octanol–water partition coefficient (Wildman–Crippen LogP) is 3.08. The number of hydrogen-bond donors (Lipinski definition) is 2. The van der Waals surface area contributed by atoms with Gasteiger partial charge in [0.15, 0.2) is 0 Å². The number of hydrogen-bond acceptors (Lipinski definition) is 1. The average Bonchev–Trinajstić information content (AvgIpc) is 2.82. The average molecular weight is 244 g/mol. The number of rotatable bonds is 3. The highest BCUT2D eigenvalue weighted by Crippen LogP contribution is 2.26. The smallest absolute Gasteiger partial charge is 0.251 e. The number of H-pyrrole nitrogens is 1. The van der Waals surface area contributed by atoms with Crippen LogP contribution in [0.25, 0.3) is 6.08 Å². The van der Waals surface area contributed by atoms with Crippen LogP contribution in [0.4, 0.5) is 0 Å². The fourth-order valence-corrected chi connectivity index (χ4v) is 2.52. The van der Waals surface area contributed by atoms with Gasteiger partial charge in [-0.2, -0.15) is 0 Å². The minimum atomic E-state index is 0.0272. The van der Waals surface area contributed by atoms with E-state index in [0.717, 1.165) is 35.4 Å². The molecule has 3 nitrogen and oxygen atoms in total. The van der Waals surface area contributed by atoms with Gasteiger partial charge in [0, 0.05) is 23.2 Å². The lowest BCUT2D eigenvalue weighted by Gasteiger charge is -2.04. The molecule has 2 heterocycles. The highest BCUT2D eigenvalue weighted by Gasteiger charge is 2.22. The third kappa shape index (κ3) is 2.01. The molecule has 1 aromatic rings. The monoisotopic (exact) mass is 244 g/mol. The second-order valence-corrected chi connectivity index (χ2v) is 4.69. The molecular weight excluding hydrogens is 224 g/mol. The number of nitrogens with one attached hydrogen (secondary N) is 2. The Balaban J connectivity index is 2.43. The van der Waals surface area contributed by atoms with Crippen LogP contribution < -0.4 is 5.32 Å². The maximum atomic E-state index is 11.7. The van der Waals surface area contributed by atoms with Gasteiger partial charge in [0.05, 0.1) is 0 Å². The van der Waals surface area contributed by atoms with Gasteiger partial charge in [0.2, 0.25) is 0 Å². The quantitative estimate of drug-likeness (QED) is 0.843. The van der Waals surface area contributed by atoms with E-state index in [2.05, 4.69) is 37.1 Å². The molecule has 0 saturated heterocycles. The molecule has 18 heavy (non-hydrogen) atoms. The van der Waals surface area contributed by atoms with Crippen LogP contribution in [0.3, 0.4) is 0 Å². The first-order chi connectivity index (χ1) is 8.58. The highest BCUT2D eigenvalue weighted by molar-refractivity contribution is 6.00. The topological polar surface area (TPSA) is 44.9 Å². The molecule has 0 aliphatic carbocycles. The Labute approximate surface area is 108 Å². The number of allylic oxidation sites excluding steroid dienone is 1. The first kappa shape index (κ1) is 12.7. The van der Waals surface area contributed by atoms with Crippen LogP contribution >= 0.6 is 0 Å². The molecule has 1 aliphatic heterocycles. The first-order valence-electron chi connectivity index (χ1n) is 6.48. The zero-order valence-electron chi connectivity index (χ0n) is 11.5. The maximum Gasteiger partial charge on any atom is 0.251 e. The molecule has 0 atom stereocenters. The lowest BCUT2D eigenvalue weighted by Crippen LogP contribution is -2.15. The van der Waals surface area contributed by atoms with E-state index in [9.17, 15) is 4.79 Å². The van der Waals surface area contributed by atoms with Gasteiger partial charge in [0.25, 0.3) is 5.91 Å². The van der Waals surface area contributed by atoms with Gasteiger partial charge in [-0.05, 0) is 49.5 Å². The van der Waals surface area contributed by atoms with Crippen molar-refractivity contribution >= 4 is 12.0 Å². The lowest BCUT2D eigenvalue weighted by atomic mass is 10.0. The second kappa shape index (κ2) is 4.84. The largest absolute Gasteiger partial charge is 0.361 e. The first-order valence-corrected chi connectivity index (χ1v) is 6.48. The van der Waals surface area contributed by atoms with Gasteiger partial charge in [-0.15, -0.1) is 0 Å². The fraction of sp³-hybridized carbons (Fsp3) is 0.400. The van der Waals surface area contributed by atoms with Crippen molar-refractivity contribution in [1.82, 2.24) is 10.3 Å².